The lowest BCUT2D eigenvalue weighted by Crippen LogP contribution is -2.06. The third-order valence-electron chi connectivity index (χ3n) is 2.57. The molecule has 0 bridgehead atoms. The van der Waals surface area contributed by atoms with Crippen LogP contribution in [0.15, 0.2) is 42.5 Å². The van der Waals surface area contributed by atoms with Crippen molar-refractivity contribution in [2.24, 2.45) is 0 Å². The first kappa shape index (κ1) is 13.7. The predicted octanol–water partition coefficient (Wildman–Crippen LogP) is 3.15. The van der Waals surface area contributed by atoms with Crippen LogP contribution in [0.2, 0.25) is 0 Å². The highest BCUT2D eigenvalue weighted by Crippen LogP contribution is 2.27. The molecule has 98 valence electrons. The molecule has 0 atom stereocenters. The number of hydrogen-bond donors (Lipinski definition) is 2. The number of para-hydroxylation sites is 1. The second kappa shape index (κ2) is 5.92. The molecule has 0 amide bonds. The zero-order valence-corrected chi connectivity index (χ0v) is 12.1. The van der Waals surface area contributed by atoms with Crippen LogP contribution in [0.1, 0.15) is 15.9 Å². The Balaban J connectivity index is 2.19. The van der Waals surface area contributed by atoms with Crippen molar-refractivity contribution in [2.75, 3.05) is 5.73 Å². The van der Waals surface area contributed by atoms with Crippen LogP contribution in [0, 0.1) is 3.57 Å². The third-order valence-corrected chi connectivity index (χ3v) is 3.29. The average molecular weight is 369 g/mol. The summed E-state index contributed by atoms with van der Waals surface area (Å²) in [5, 5.41) is 9.09. The molecule has 19 heavy (non-hydrogen) atoms. The van der Waals surface area contributed by atoms with E-state index in [2.05, 4.69) is 22.6 Å². The number of carbonyl (C=O) groups is 1. The predicted molar refractivity (Wildman–Crippen MR) is 81.3 cm³/mol. The summed E-state index contributed by atoms with van der Waals surface area (Å²) >= 11 is 2.22. The molecule has 0 radical (unpaired) electrons. The lowest BCUT2D eigenvalue weighted by atomic mass is 10.1. The van der Waals surface area contributed by atoms with Gasteiger partial charge in [0, 0.05) is 3.57 Å². The summed E-state index contributed by atoms with van der Waals surface area (Å²) in [5.74, 6) is -0.835. The van der Waals surface area contributed by atoms with E-state index in [4.69, 9.17) is 15.6 Å². The van der Waals surface area contributed by atoms with Gasteiger partial charge in [-0.05, 0) is 52.4 Å². The molecule has 3 N–H and O–H groups in total. The van der Waals surface area contributed by atoms with E-state index in [-0.39, 0.29) is 17.9 Å². The zero-order valence-electron chi connectivity index (χ0n) is 9.97. The van der Waals surface area contributed by atoms with Crippen molar-refractivity contribution in [3.05, 3.63) is 57.2 Å². The van der Waals surface area contributed by atoms with Crippen molar-refractivity contribution < 1.29 is 14.6 Å². The van der Waals surface area contributed by atoms with Crippen LogP contribution < -0.4 is 10.5 Å². The van der Waals surface area contributed by atoms with Gasteiger partial charge in [-0.3, -0.25) is 0 Å². The molecule has 0 unspecified atom stereocenters. The van der Waals surface area contributed by atoms with Gasteiger partial charge in [0.2, 0.25) is 0 Å². The van der Waals surface area contributed by atoms with Crippen molar-refractivity contribution in [3.63, 3.8) is 0 Å². The van der Waals surface area contributed by atoms with Crippen LogP contribution in [0.3, 0.4) is 0 Å². The molecule has 0 aromatic heterocycles. The van der Waals surface area contributed by atoms with Crippen LogP contribution >= 0.6 is 22.6 Å². The molecule has 2 rings (SSSR count). The molecule has 5 heteroatoms. The molecular weight excluding hydrogens is 357 g/mol. The van der Waals surface area contributed by atoms with Gasteiger partial charge in [0.15, 0.2) is 5.75 Å². The van der Waals surface area contributed by atoms with Gasteiger partial charge in [-0.25, -0.2) is 4.79 Å². The van der Waals surface area contributed by atoms with Crippen LogP contribution in [-0.4, -0.2) is 11.1 Å². The van der Waals surface area contributed by atoms with Crippen LogP contribution in [0.5, 0.6) is 5.75 Å². The van der Waals surface area contributed by atoms with Gasteiger partial charge in [0.25, 0.3) is 0 Å². The highest BCUT2D eigenvalue weighted by atomic mass is 127. The second-order valence-electron chi connectivity index (χ2n) is 3.94. The molecule has 0 fully saturated rings. The minimum Gasteiger partial charge on any atom is -0.486 e. The molecule has 0 saturated heterocycles. The normalized spacial score (nSPS) is 10.2. The number of hydrogen-bond acceptors (Lipinski definition) is 3. The SMILES string of the molecule is Nc1cccc(C(=O)O)c1OCc1ccc(I)cc1. The molecule has 0 saturated carbocycles. The molecule has 2 aromatic rings. The Morgan fingerprint density at radius 2 is 1.89 bits per heavy atom. The van der Waals surface area contributed by atoms with Crippen LogP contribution in [0.25, 0.3) is 0 Å². The minimum atomic E-state index is -1.05. The van der Waals surface area contributed by atoms with Crippen molar-refractivity contribution in [1.82, 2.24) is 0 Å². The number of rotatable bonds is 4. The molecule has 0 spiro atoms. The molecule has 4 nitrogen and oxygen atoms in total. The summed E-state index contributed by atoms with van der Waals surface area (Å²) in [4.78, 5) is 11.1. The number of aromatic carboxylic acids is 1. The molecule has 0 aliphatic rings. The van der Waals surface area contributed by atoms with Gasteiger partial charge in [-0.2, -0.15) is 0 Å². The maximum absolute atomic E-state index is 11.1. The Hall–Kier alpha value is -1.76. The third kappa shape index (κ3) is 3.37. The summed E-state index contributed by atoms with van der Waals surface area (Å²) in [5.41, 5.74) is 7.12. The fourth-order valence-electron chi connectivity index (χ4n) is 1.62. The second-order valence-corrected chi connectivity index (χ2v) is 5.19. The molecule has 0 heterocycles. The van der Waals surface area contributed by atoms with Crippen molar-refractivity contribution in [1.29, 1.82) is 0 Å². The quantitative estimate of drug-likeness (QED) is 0.642. The number of carboxylic acids is 1. The van der Waals surface area contributed by atoms with Gasteiger partial charge < -0.3 is 15.6 Å². The zero-order chi connectivity index (χ0) is 13.8. The van der Waals surface area contributed by atoms with Crippen molar-refractivity contribution in [2.45, 2.75) is 6.61 Å². The van der Waals surface area contributed by atoms with Gasteiger partial charge in [-0.1, -0.05) is 18.2 Å². The number of halogens is 1. The van der Waals surface area contributed by atoms with E-state index < -0.39 is 5.97 Å². The summed E-state index contributed by atoms with van der Waals surface area (Å²) in [6, 6.07) is 12.5. The van der Waals surface area contributed by atoms with E-state index in [0.717, 1.165) is 9.13 Å². The summed E-state index contributed by atoms with van der Waals surface area (Å²) < 4.78 is 6.68. The minimum absolute atomic E-state index is 0.0745. The largest absolute Gasteiger partial charge is 0.486 e. The van der Waals surface area contributed by atoms with E-state index in [1.165, 1.54) is 6.07 Å². The van der Waals surface area contributed by atoms with Crippen molar-refractivity contribution >= 4 is 34.2 Å². The maximum Gasteiger partial charge on any atom is 0.339 e. The van der Waals surface area contributed by atoms with Crippen LogP contribution in [0.4, 0.5) is 5.69 Å². The first-order valence-corrected chi connectivity index (χ1v) is 6.65. The lowest BCUT2D eigenvalue weighted by Gasteiger charge is -2.11. The molecule has 0 aliphatic carbocycles. The number of carboxylic acid groups (broad SMARTS) is 1. The number of nitrogen functional groups attached to an aromatic ring is 1. The summed E-state index contributed by atoms with van der Waals surface area (Å²) in [6.45, 7) is 0.283. The first-order chi connectivity index (χ1) is 9.08. The standard InChI is InChI=1S/C14H12INO3/c15-10-6-4-9(5-7-10)8-19-13-11(14(17)18)2-1-3-12(13)16/h1-7H,8,16H2,(H,17,18). The maximum atomic E-state index is 11.1. The number of benzene rings is 2. The van der Waals surface area contributed by atoms with Gasteiger partial charge >= 0.3 is 5.97 Å². The van der Waals surface area contributed by atoms with E-state index in [1.807, 2.05) is 24.3 Å². The fraction of sp³-hybridized carbons (Fsp3) is 0.0714. The van der Waals surface area contributed by atoms with Gasteiger partial charge in [0.1, 0.15) is 12.2 Å². The Morgan fingerprint density at radius 3 is 2.53 bits per heavy atom. The van der Waals surface area contributed by atoms with Gasteiger partial charge in [0.05, 0.1) is 5.69 Å². The fourth-order valence-corrected chi connectivity index (χ4v) is 1.98. The molecule has 0 aliphatic heterocycles. The summed E-state index contributed by atoms with van der Waals surface area (Å²) in [6.07, 6.45) is 0. The highest BCUT2D eigenvalue weighted by Gasteiger charge is 2.13. The smallest absolute Gasteiger partial charge is 0.339 e. The Bertz CT molecular complexity index is 596. The Labute approximate surface area is 124 Å². The Kier molecular flexibility index (Phi) is 4.26. The monoisotopic (exact) mass is 369 g/mol. The van der Waals surface area contributed by atoms with E-state index in [0.29, 0.717) is 5.69 Å². The van der Waals surface area contributed by atoms with E-state index >= 15 is 0 Å². The topological polar surface area (TPSA) is 72.6 Å². The van der Waals surface area contributed by atoms with Crippen molar-refractivity contribution in [3.8, 4) is 5.75 Å². The van der Waals surface area contributed by atoms with Crippen LogP contribution in [-0.2, 0) is 6.61 Å². The number of ether oxygens (including phenoxy) is 1. The number of nitrogens with two attached hydrogens (primary N) is 1. The molecular formula is C14H12INO3. The van der Waals surface area contributed by atoms with E-state index in [9.17, 15) is 4.79 Å². The van der Waals surface area contributed by atoms with Gasteiger partial charge in [-0.15, -0.1) is 0 Å². The number of anilines is 1. The van der Waals surface area contributed by atoms with E-state index in [1.54, 1.807) is 12.1 Å². The lowest BCUT2D eigenvalue weighted by molar-refractivity contribution is 0.0692. The first-order valence-electron chi connectivity index (χ1n) is 5.57. The average Bonchev–Trinajstić information content (AvgIpc) is 2.39. The highest BCUT2D eigenvalue weighted by molar-refractivity contribution is 14.1. The Morgan fingerprint density at radius 1 is 1.21 bits per heavy atom. The molecule has 2 aromatic carbocycles. The summed E-state index contributed by atoms with van der Waals surface area (Å²) in [7, 11) is 0.